The standard InChI is InChI=1S/C15H14N4/c1-2-16-15-14(18-8-9-19-15)12-6-5-11-4-3-7-17-13(11)10-12/h3-10H,2H2,1H3,(H,16,19). The van der Waals surface area contributed by atoms with Crippen LogP contribution in [0.5, 0.6) is 0 Å². The highest BCUT2D eigenvalue weighted by molar-refractivity contribution is 5.85. The Bertz CT molecular complexity index is 709. The Labute approximate surface area is 111 Å². The van der Waals surface area contributed by atoms with Crippen LogP contribution in [0.4, 0.5) is 5.82 Å². The fourth-order valence-corrected chi connectivity index (χ4v) is 2.06. The number of nitrogens with one attached hydrogen (secondary N) is 1. The van der Waals surface area contributed by atoms with Crippen LogP contribution in [-0.4, -0.2) is 21.5 Å². The first kappa shape index (κ1) is 11.6. The molecule has 3 rings (SSSR count). The van der Waals surface area contributed by atoms with Gasteiger partial charge in [-0.3, -0.25) is 9.97 Å². The number of benzene rings is 1. The molecule has 0 amide bonds. The lowest BCUT2D eigenvalue weighted by molar-refractivity contribution is 1.12. The summed E-state index contributed by atoms with van der Waals surface area (Å²) in [6, 6.07) is 10.1. The maximum absolute atomic E-state index is 4.42. The Balaban J connectivity index is 2.13. The Morgan fingerprint density at radius 2 is 1.89 bits per heavy atom. The predicted molar refractivity (Wildman–Crippen MR) is 76.9 cm³/mol. The summed E-state index contributed by atoms with van der Waals surface area (Å²) in [6.45, 7) is 2.86. The van der Waals surface area contributed by atoms with Crippen LogP contribution in [0.1, 0.15) is 6.92 Å². The van der Waals surface area contributed by atoms with Gasteiger partial charge in [0, 0.05) is 36.1 Å². The molecular formula is C15H14N4. The van der Waals surface area contributed by atoms with Crippen LogP contribution in [0, 0.1) is 0 Å². The Hall–Kier alpha value is -2.49. The van der Waals surface area contributed by atoms with Gasteiger partial charge in [-0.15, -0.1) is 0 Å². The minimum atomic E-state index is 0.806. The van der Waals surface area contributed by atoms with Crippen molar-refractivity contribution < 1.29 is 0 Å². The lowest BCUT2D eigenvalue weighted by atomic mass is 10.1. The Kier molecular flexibility index (Phi) is 3.06. The van der Waals surface area contributed by atoms with Crippen molar-refractivity contribution in [2.24, 2.45) is 0 Å². The molecule has 3 aromatic rings. The van der Waals surface area contributed by atoms with Gasteiger partial charge >= 0.3 is 0 Å². The van der Waals surface area contributed by atoms with Gasteiger partial charge in [-0.2, -0.15) is 0 Å². The second-order valence-corrected chi connectivity index (χ2v) is 4.19. The van der Waals surface area contributed by atoms with Gasteiger partial charge in [-0.05, 0) is 19.1 Å². The molecule has 2 heterocycles. The van der Waals surface area contributed by atoms with Crippen molar-refractivity contribution in [3.05, 3.63) is 48.9 Å². The van der Waals surface area contributed by atoms with E-state index in [1.54, 1.807) is 18.6 Å². The van der Waals surface area contributed by atoms with Crippen LogP contribution in [0.2, 0.25) is 0 Å². The molecule has 0 atom stereocenters. The number of hydrogen-bond donors (Lipinski definition) is 1. The van der Waals surface area contributed by atoms with Crippen LogP contribution in [0.15, 0.2) is 48.9 Å². The van der Waals surface area contributed by atoms with Gasteiger partial charge in [0.05, 0.1) is 5.52 Å². The Morgan fingerprint density at radius 1 is 1.00 bits per heavy atom. The number of fused-ring (bicyclic) bond motifs is 1. The van der Waals surface area contributed by atoms with Gasteiger partial charge < -0.3 is 5.32 Å². The number of pyridine rings is 1. The van der Waals surface area contributed by atoms with Crippen molar-refractivity contribution in [3.63, 3.8) is 0 Å². The third-order valence-electron chi connectivity index (χ3n) is 2.92. The molecule has 2 aromatic heterocycles. The fourth-order valence-electron chi connectivity index (χ4n) is 2.06. The molecule has 0 aliphatic rings. The molecular weight excluding hydrogens is 236 g/mol. The second kappa shape index (κ2) is 5.02. The molecule has 0 fully saturated rings. The average Bonchev–Trinajstić information content (AvgIpc) is 2.48. The predicted octanol–water partition coefficient (Wildman–Crippen LogP) is 3.12. The average molecular weight is 250 g/mol. The summed E-state index contributed by atoms with van der Waals surface area (Å²) >= 11 is 0. The number of rotatable bonds is 3. The summed E-state index contributed by atoms with van der Waals surface area (Å²) in [5.74, 6) is 0.806. The van der Waals surface area contributed by atoms with Crippen LogP contribution in [0.3, 0.4) is 0 Å². The molecule has 0 spiro atoms. The van der Waals surface area contributed by atoms with Gasteiger partial charge in [-0.1, -0.05) is 18.2 Å². The first-order valence-corrected chi connectivity index (χ1v) is 6.28. The molecule has 0 unspecified atom stereocenters. The van der Waals surface area contributed by atoms with Crippen molar-refractivity contribution in [1.82, 2.24) is 15.0 Å². The van der Waals surface area contributed by atoms with E-state index in [1.165, 1.54) is 0 Å². The molecule has 1 N–H and O–H groups in total. The number of anilines is 1. The molecule has 0 aliphatic heterocycles. The van der Waals surface area contributed by atoms with Crippen molar-refractivity contribution in [2.45, 2.75) is 6.92 Å². The highest BCUT2D eigenvalue weighted by Gasteiger charge is 2.07. The minimum absolute atomic E-state index is 0.806. The van der Waals surface area contributed by atoms with Gasteiger partial charge in [0.2, 0.25) is 0 Å². The van der Waals surface area contributed by atoms with Crippen LogP contribution in [-0.2, 0) is 0 Å². The third kappa shape index (κ3) is 2.25. The van der Waals surface area contributed by atoms with E-state index < -0.39 is 0 Å². The number of nitrogens with zero attached hydrogens (tertiary/aromatic N) is 3. The molecule has 1 aromatic carbocycles. The lowest BCUT2D eigenvalue weighted by Crippen LogP contribution is -2.02. The van der Waals surface area contributed by atoms with Crippen molar-refractivity contribution in [3.8, 4) is 11.3 Å². The van der Waals surface area contributed by atoms with E-state index in [-0.39, 0.29) is 0 Å². The summed E-state index contributed by atoms with van der Waals surface area (Å²) < 4.78 is 0. The van der Waals surface area contributed by atoms with E-state index in [0.717, 1.165) is 34.5 Å². The van der Waals surface area contributed by atoms with E-state index in [1.807, 2.05) is 25.1 Å². The van der Waals surface area contributed by atoms with Gasteiger partial charge in [0.1, 0.15) is 5.69 Å². The molecule has 0 aliphatic carbocycles. The number of hydrogen-bond acceptors (Lipinski definition) is 4. The molecule has 94 valence electrons. The normalized spacial score (nSPS) is 10.6. The highest BCUT2D eigenvalue weighted by Crippen LogP contribution is 2.26. The van der Waals surface area contributed by atoms with Gasteiger partial charge in [0.15, 0.2) is 5.82 Å². The smallest absolute Gasteiger partial charge is 0.152 e. The molecule has 0 bridgehead atoms. The molecule has 0 radical (unpaired) electrons. The van der Waals surface area contributed by atoms with E-state index in [4.69, 9.17) is 0 Å². The van der Waals surface area contributed by atoms with Crippen molar-refractivity contribution >= 4 is 16.7 Å². The van der Waals surface area contributed by atoms with E-state index in [0.29, 0.717) is 0 Å². The van der Waals surface area contributed by atoms with Crippen molar-refractivity contribution in [1.29, 1.82) is 0 Å². The minimum Gasteiger partial charge on any atom is -0.369 e. The molecule has 4 nitrogen and oxygen atoms in total. The zero-order valence-corrected chi connectivity index (χ0v) is 10.7. The van der Waals surface area contributed by atoms with Crippen LogP contribution < -0.4 is 5.32 Å². The third-order valence-corrected chi connectivity index (χ3v) is 2.92. The summed E-state index contributed by atoms with van der Waals surface area (Å²) in [7, 11) is 0. The highest BCUT2D eigenvalue weighted by atomic mass is 15.0. The summed E-state index contributed by atoms with van der Waals surface area (Å²) in [5, 5.41) is 4.35. The van der Waals surface area contributed by atoms with Crippen LogP contribution in [0.25, 0.3) is 22.2 Å². The molecule has 19 heavy (non-hydrogen) atoms. The van der Waals surface area contributed by atoms with Gasteiger partial charge in [-0.25, -0.2) is 4.98 Å². The summed E-state index contributed by atoms with van der Waals surface area (Å²) in [4.78, 5) is 13.1. The quantitative estimate of drug-likeness (QED) is 0.776. The van der Waals surface area contributed by atoms with Crippen LogP contribution >= 0.6 is 0 Å². The molecule has 0 saturated heterocycles. The SMILES string of the molecule is CCNc1nccnc1-c1ccc2cccnc2c1. The zero-order chi connectivity index (χ0) is 13.1. The first-order chi connectivity index (χ1) is 9.38. The lowest BCUT2D eigenvalue weighted by Gasteiger charge is -2.08. The summed E-state index contributed by atoms with van der Waals surface area (Å²) in [5.41, 5.74) is 2.85. The second-order valence-electron chi connectivity index (χ2n) is 4.19. The Morgan fingerprint density at radius 3 is 2.79 bits per heavy atom. The number of aromatic nitrogens is 3. The fraction of sp³-hybridized carbons (Fsp3) is 0.133. The monoisotopic (exact) mass is 250 g/mol. The van der Waals surface area contributed by atoms with E-state index in [2.05, 4.69) is 32.4 Å². The zero-order valence-electron chi connectivity index (χ0n) is 10.7. The largest absolute Gasteiger partial charge is 0.369 e. The first-order valence-electron chi connectivity index (χ1n) is 6.28. The maximum atomic E-state index is 4.42. The molecule has 4 heteroatoms. The maximum Gasteiger partial charge on any atom is 0.152 e. The summed E-state index contributed by atoms with van der Waals surface area (Å²) in [6.07, 6.45) is 5.20. The van der Waals surface area contributed by atoms with E-state index >= 15 is 0 Å². The topological polar surface area (TPSA) is 50.7 Å². The van der Waals surface area contributed by atoms with Crippen molar-refractivity contribution in [2.75, 3.05) is 11.9 Å². The molecule has 0 saturated carbocycles. The van der Waals surface area contributed by atoms with E-state index in [9.17, 15) is 0 Å². The van der Waals surface area contributed by atoms with Gasteiger partial charge in [0.25, 0.3) is 0 Å².